The van der Waals surface area contributed by atoms with E-state index in [2.05, 4.69) is 56.1 Å². The Morgan fingerprint density at radius 3 is 2.33 bits per heavy atom. The molecule has 0 spiro atoms. The number of likely N-dealkylation sites (tertiary alicyclic amines) is 1. The van der Waals surface area contributed by atoms with Gasteiger partial charge in [-0.25, -0.2) is 0 Å². The number of hydrogen-bond acceptors (Lipinski definition) is 4. The zero-order valence-electron chi connectivity index (χ0n) is 18.8. The van der Waals surface area contributed by atoms with Crippen molar-refractivity contribution in [3.05, 3.63) is 35.9 Å². The molecule has 0 bridgehead atoms. The van der Waals surface area contributed by atoms with Crippen LogP contribution < -0.4 is 5.73 Å². The molecule has 0 radical (unpaired) electrons. The summed E-state index contributed by atoms with van der Waals surface area (Å²) in [6.45, 7) is 10.5. The molecule has 30 heavy (non-hydrogen) atoms. The number of carbonyl (C=O) groups excluding carboxylic acids is 1. The lowest BCUT2D eigenvalue weighted by atomic mass is 9.54. The van der Waals surface area contributed by atoms with Gasteiger partial charge >= 0.3 is 0 Å². The van der Waals surface area contributed by atoms with Crippen molar-refractivity contribution in [2.45, 2.75) is 58.2 Å². The number of hydrogen-bond donors (Lipinski definition) is 1. The van der Waals surface area contributed by atoms with Gasteiger partial charge in [0.25, 0.3) is 0 Å². The Hall–Kier alpha value is -0.850. The van der Waals surface area contributed by atoms with Gasteiger partial charge in [0.05, 0.1) is 6.10 Å². The van der Waals surface area contributed by atoms with Crippen molar-refractivity contribution in [3.63, 3.8) is 0 Å². The van der Waals surface area contributed by atoms with Crippen molar-refractivity contribution >= 4 is 30.7 Å². The second-order valence-corrected chi connectivity index (χ2v) is 9.26. The van der Waals surface area contributed by atoms with E-state index in [4.69, 9.17) is 10.5 Å². The average molecular weight is 460 g/mol. The van der Waals surface area contributed by atoms with Gasteiger partial charge in [-0.2, -0.15) is 0 Å². The summed E-state index contributed by atoms with van der Waals surface area (Å²) >= 11 is 0. The summed E-state index contributed by atoms with van der Waals surface area (Å²) in [4.78, 5) is 17.6. The van der Waals surface area contributed by atoms with Crippen molar-refractivity contribution in [2.75, 3.05) is 33.3 Å². The summed E-state index contributed by atoms with van der Waals surface area (Å²) in [6, 6.07) is 10.6. The number of piperidine rings is 1. The molecule has 1 aliphatic heterocycles. The molecule has 2 aliphatic rings. The molecule has 1 aromatic carbocycles. The van der Waals surface area contributed by atoms with Crippen LogP contribution in [-0.2, 0) is 16.1 Å². The Kier molecular flexibility index (Phi) is 10.1. The maximum absolute atomic E-state index is 13.2. The highest BCUT2D eigenvalue weighted by molar-refractivity contribution is 5.89. The summed E-state index contributed by atoms with van der Waals surface area (Å²) in [6.07, 6.45) is 2.81. The monoisotopic (exact) mass is 459 g/mol. The molecule has 5 nitrogen and oxygen atoms in total. The van der Waals surface area contributed by atoms with Gasteiger partial charge in [0, 0.05) is 44.6 Å². The van der Waals surface area contributed by atoms with E-state index in [0.717, 1.165) is 39.0 Å². The molecule has 7 heteroatoms. The number of benzene rings is 1. The van der Waals surface area contributed by atoms with E-state index in [1.807, 2.05) is 11.8 Å². The maximum atomic E-state index is 13.2. The second-order valence-electron chi connectivity index (χ2n) is 9.26. The van der Waals surface area contributed by atoms with Crippen molar-refractivity contribution in [1.29, 1.82) is 0 Å². The van der Waals surface area contributed by atoms with Crippen LogP contribution in [0.3, 0.4) is 0 Å². The summed E-state index contributed by atoms with van der Waals surface area (Å²) in [5, 5.41) is 0. The Bertz CT molecular complexity index is 666. The normalized spacial score (nSPS) is 25.8. The van der Waals surface area contributed by atoms with Crippen LogP contribution in [0.25, 0.3) is 0 Å². The van der Waals surface area contributed by atoms with Gasteiger partial charge in [-0.05, 0) is 38.3 Å². The van der Waals surface area contributed by atoms with Crippen molar-refractivity contribution in [2.24, 2.45) is 17.1 Å². The van der Waals surface area contributed by atoms with Crippen LogP contribution in [0.2, 0.25) is 0 Å². The number of nitrogens with two attached hydrogens (primary N) is 1. The minimum Gasteiger partial charge on any atom is -0.378 e. The molecule has 1 amide bonds. The van der Waals surface area contributed by atoms with E-state index >= 15 is 0 Å². The van der Waals surface area contributed by atoms with Crippen molar-refractivity contribution in [3.8, 4) is 0 Å². The molecular weight excluding hydrogens is 421 g/mol. The molecule has 1 saturated heterocycles. The second kappa shape index (κ2) is 11.1. The van der Waals surface area contributed by atoms with Gasteiger partial charge in [0.15, 0.2) is 0 Å². The highest BCUT2D eigenvalue weighted by atomic mass is 35.5. The lowest BCUT2D eigenvalue weighted by Crippen LogP contribution is -2.76. The zero-order valence-corrected chi connectivity index (χ0v) is 20.4. The Morgan fingerprint density at radius 2 is 1.80 bits per heavy atom. The average Bonchev–Trinajstić information content (AvgIpc) is 2.68. The fourth-order valence-electron chi connectivity index (χ4n) is 4.80. The molecule has 0 aromatic heterocycles. The molecule has 2 fully saturated rings. The van der Waals surface area contributed by atoms with Crippen molar-refractivity contribution in [1.82, 2.24) is 9.80 Å². The van der Waals surface area contributed by atoms with Crippen LogP contribution in [0.15, 0.2) is 30.3 Å². The number of carbonyl (C=O) groups is 1. The van der Waals surface area contributed by atoms with Gasteiger partial charge in [0.1, 0.15) is 5.54 Å². The summed E-state index contributed by atoms with van der Waals surface area (Å²) < 4.78 is 5.78. The topological polar surface area (TPSA) is 58.8 Å². The third kappa shape index (κ3) is 5.49. The molecule has 172 valence electrons. The quantitative estimate of drug-likeness (QED) is 0.674. The first-order valence-electron chi connectivity index (χ1n) is 10.7. The van der Waals surface area contributed by atoms with E-state index in [9.17, 15) is 4.79 Å². The Balaban J connectivity index is 0.00000225. The highest BCUT2D eigenvalue weighted by Gasteiger charge is 2.63. The molecule has 1 aliphatic carbocycles. The summed E-state index contributed by atoms with van der Waals surface area (Å²) in [7, 11) is 2.18. The predicted octanol–water partition coefficient (Wildman–Crippen LogP) is 3.73. The molecule has 1 aromatic rings. The molecule has 1 saturated carbocycles. The third-order valence-electron chi connectivity index (χ3n) is 6.98. The molecule has 2 atom stereocenters. The van der Waals surface area contributed by atoms with E-state index < -0.39 is 5.54 Å². The molecular formula is C23H39Cl2N3O2. The zero-order chi connectivity index (χ0) is 20.4. The van der Waals surface area contributed by atoms with Crippen LogP contribution in [0.5, 0.6) is 0 Å². The minimum absolute atomic E-state index is 0. The smallest absolute Gasteiger partial charge is 0.243 e. The van der Waals surface area contributed by atoms with Crippen LogP contribution in [0.1, 0.15) is 45.6 Å². The van der Waals surface area contributed by atoms with Gasteiger partial charge in [0.2, 0.25) is 5.91 Å². The molecule has 2 N–H and O–H groups in total. The third-order valence-corrected chi connectivity index (χ3v) is 6.98. The maximum Gasteiger partial charge on any atom is 0.243 e. The van der Waals surface area contributed by atoms with E-state index in [0.29, 0.717) is 18.9 Å². The van der Waals surface area contributed by atoms with Crippen molar-refractivity contribution < 1.29 is 9.53 Å². The highest BCUT2D eigenvalue weighted by Crippen LogP contribution is 2.50. The molecule has 2 unspecified atom stereocenters. The first-order valence-corrected chi connectivity index (χ1v) is 10.7. The number of nitrogens with zero attached hydrogens (tertiary/aromatic N) is 2. The van der Waals surface area contributed by atoms with Crippen LogP contribution >= 0.6 is 24.8 Å². The van der Waals surface area contributed by atoms with Gasteiger partial charge in [-0.1, -0.05) is 44.2 Å². The predicted molar refractivity (Wildman–Crippen MR) is 127 cm³/mol. The largest absolute Gasteiger partial charge is 0.378 e. The Labute approximate surface area is 194 Å². The van der Waals surface area contributed by atoms with Crippen LogP contribution in [0.4, 0.5) is 0 Å². The first kappa shape index (κ1) is 27.2. The van der Waals surface area contributed by atoms with E-state index in [1.54, 1.807) is 0 Å². The molecule has 3 rings (SSSR count). The minimum atomic E-state index is -0.788. The van der Waals surface area contributed by atoms with Gasteiger partial charge in [-0.3, -0.25) is 4.79 Å². The Morgan fingerprint density at radius 1 is 1.20 bits per heavy atom. The van der Waals surface area contributed by atoms with Crippen LogP contribution in [0, 0.1) is 11.3 Å². The number of amides is 1. The fourth-order valence-corrected chi connectivity index (χ4v) is 4.80. The van der Waals surface area contributed by atoms with Gasteiger partial charge in [-0.15, -0.1) is 24.8 Å². The first-order chi connectivity index (χ1) is 13.3. The summed E-state index contributed by atoms with van der Waals surface area (Å²) in [5.74, 6) is 0.751. The van der Waals surface area contributed by atoms with E-state index in [-0.39, 0.29) is 42.2 Å². The SMILES string of the molecule is CCOC1CC(N)(C(=O)N2CCC(CN(C)Cc3ccccc3)CC2)C1(C)C.Cl.Cl. The number of halogens is 2. The standard InChI is InChI=1S/C23H37N3O2.2ClH/c1-5-28-20-15-23(24,22(20,2)3)21(27)26-13-11-19(12-14-26)17-25(4)16-18-9-7-6-8-10-18;;/h6-10,19-20H,5,11-17,24H2,1-4H3;2*1H. The number of rotatable bonds is 7. The summed E-state index contributed by atoms with van der Waals surface area (Å²) in [5.41, 5.74) is 6.84. The van der Waals surface area contributed by atoms with Gasteiger partial charge < -0.3 is 20.3 Å². The lowest BCUT2D eigenvalue weighted by Gasteiger charge is -2.59. The van der Waals surface area contributed by atoms with E-state index in [1.165, 1.54) is 5.56 Å². The van der Waals surface area contributed by atoms with Crippen LogP contribution in [-0.4, -0.2) is 60.6 Å². The number of ether oxygens (including phenoxy) is 1. The molecule has 1 heterocycles. The lowest BCUT2D eigenvalue weighted by molar-refractivity contribution is -0.180. The fraction of sp³-hybridized carbons (Fsp3) is 0.696.